The molecule has 9 nitrogen and oxygen atoms in total. The fourth-order valence-electron chi connectivity index (χ4n) is 3.29. The highest BCUT2D eigenvalue weighted by atomic mass is 32.2. The normalized spacial score (nSPS) is 22.3. The molecule has 148 valence electrons. The van der Waals surface area contributed by atoms with Gasteiger partial charge >= 0.3 is 0 Å². The van der Waals surface area contributed by atoms with Crippen LogP contribution >= 0.6 is 0 Å². The van der Waals surface area contributed by atoms with Gasteiger partial charge in [0.15, 0.2) is 5.82 Å². The van der Waals surface area contributed by atoms with Crippen LogP contribution < -0.4 is 0 Å². The van der Waals surface area contributed by atoms with Gasteiger partial charge in [-0.2, -0.15) is 22.0 Å². The third-order valence-electron chi connectivity index (χ3n) is 4.91. The van der Waals surface area contributed by atoms with Crippen LogP contribution in [0.5, 0.6) is 0 Å². The highest BCUT2D eigenvalue weighted by Gasteiger charge is 2.34. The van der Waals surface area contributed by atoms with Crippen molar-refractivity contribution in [1.29, 1.82) is 0 Å². The van der Waals surface area contributed by atoms with Crippen molar-refractivity contribution in [2.24, 2.45) is 5.92 Å². The Morgan fingerprint density at radius 2 is 1.58 bits per heavy atom. The first-order chi connectivity index (χ1) is 12.3. The second-order valence-corrected chi connectivity index (χ2v) is 9.52. The van der Waals surface area contributed by atoms with Crippen molar-refractivity contribution in [2.45, 2.75) is 26.8 Å². The number of aromatic nitrogens is 2. The molecule has 2 aliphatic rings. The number of likely N-dealkylation sites (N-methyl/N-ethyl adjacent to an activating group) is 1. The molecule has 0 radical (unpaired) electrons. The van der Waals surface area contributed by atoms with Gasteiger partial charge in [0.2, 0.25) is 5.89 Å². The molecule has 26 heavy (non-hydrogen) atoms. The van der Waals surface area contributed by atoms with E-state index in [1.165, 1.54) is 0 Å². The summed E-state index contributed by atoms with van der Waals surface area (Å²) in [5.41, 5.74) is 0. The largest absolute Gasteiger partial charge is 0.338 e. The Bertz CT molecular complexity index is 676. The Morgan fingerprint density at radius 3 is 2.15 bits per heavy atom. The zero-order valence-electron chi connectivity index (χ0n) is 16.0. The van der Waals surface area contributed by atoms with Crippen LogP contribution in [0.25, 0.3) is 0 Å². The van der Waals surface area contributed by atoms with Crippen molar-refractivity contribution in [2.75, 3.05) is 59.4 Å². The topological polar surface area (TPSA) is 86.0 Å². The van der Waals surface area contributed by atoms with Gasteiger partial charge in [-0.05, 0) is 13.0 Å². The molecule has 10 heteroatoms. The lowest BCUT2D eigenvalue weighted by Gasteiger charge is -2.38. The SMILES string of the molecule is CC(C)Cc1noc(CN2CCN(S(=O)(=O)N3CCN(C)CC3)CC2)n1. The summed E-state index contributed by atoms with van der Waals surface area (Å²) in [6, 6.07) is 0. The number of piperazine rings is 2. The van der Waals surface area contributed by atoms with Gasteiger partial charge in [0.1, 0.15) is 0 Å². The second-order valence-electron chi connectivity index (χ2n) is 7.59. The van der Waals surface area contributed by atoms with E-state index in [2.05, 4.69) is 33.8 Å². The maximum atomic E-state index is 12.8. The maximum Gasteiger partial charge on any atom is 0.282 e. The third-order valence-corrected chi connectivity index (χ3v) is 6.94. The molecule has 0 N–H and O–H groups in total. The minimum atomic E-state index is -3.35. The summed E-state index contributed by atoms with van der Waals surface area (Å²) in [7, 11) is -1.33. The molecule has 0 atom stereocenters. The molecular formula is C16H30N6O3S. The molecule has 2 saturated heterocycles. The van der Waals surface area contributed by atoms with Crippen LogP contribution in [0.2, 0.25) is 0 Å². The number of hydrogen-bond donors (Lipinski definition) is 0. The van der Waals surface area contributed by atoms with E-state index in [1.807, 2.05) is 7.05 Å². The Balaban J connectivity index is 1.50. The van der Waals surface area contributed by atoms with Gasteiger partial charge in [0.25, 0.3) is 10.2 Å². The van der Waals surface area contributed by atoms with Gasteiger partial charge in [-0.3, -0.25) is 4.90 Å². The molecule has 3 rings (SSSR count). The maximum absolute atomic E-state index is 12.8. The fourth-order valence-corrected chi connectivity index (χ4v) is 4.87. The minimum Gasteiger partial charge on any atom is -0.338 e. The predicted molar refractivity (Wildman–Crippen MR) is 97.7 cm³/mol. The summed E-state index contributed by atoms with van der Waals surface area (Å²) < 4.78 is 34.1. The molecule has 0 aliphatic carbocycles. The monoisotopic (exact) mass is 386 g/mol. The van der Waals surface area contributed by atoms with E-state index < -0.39 is 10.2 Å². The van der Waals surface area contributed by atoms with Crippen molar-refractivity contribution in [3.63, 3.8) is 0 Å². The first-order valence-electron chi connectivity index (χ1n) is 9.32. The zero-order chi connectivity index (χ0) is 18.7. The lowest BCUT2D eigenvalue weighted by Crippen LogP contribution is -2.56. The lowest BCUT2D eigenvalue weighted by atomic mass is 10.1. The summed E-state index contributed by atoms with van der Waals surface area (Å²) in [4.78, 5) is 8.75. The molecule has 1 aromatic heterocycles. The first kappa shape index (κ1) is 19.7. The lowest BCUT2D eigenvalue weighted by molar-refractivity contribution is 0.152. The van der Waals surface area contributed by atoms with E-state index in [9.17, 15) is 8.42 Å². The molecule has 0 aromatic carbocycles. The minimum absolute atomic E-state index is 0.490. The van der Waals surface area contributed by atoms with Crippen LogP contribution in [0.15, 0.2) is 4.52 Å². The second kappa shape index (κ2) is 8.30. The summed E-state index contributed by atoms with van der Waals surface area (Å²) in [6.45, 7) is 9.89. The summed E-state index contributed by atoms with van der Waals surface area (Å²) in [5, 5.41) is 4.01. The molecule has 1 aromatic rings. The highest BCUT2D eigenvalue weighted by Crippen LogP contribution is 2.16. The molecule has 0 saturated carbocycles. The van der Waals surface area contributed by atoms with Crippen molar-refractivity contribution in [3.8, 4) is 0 Å². The van der Waals surface area contributed by atoms with Crippen molar-refractivity contribution in [3.05, 3.63) is 11.7 Å². The molecule has 0 spiro atoms. The van der Waals surface area contributed by atoms with E-state index in [-0.39, 0.29) is 0 Å². The third kappa shape index (κ3) is 4.80. The van der Waals surface area contributed by atoms with E-state index in [1.54, 1.807) is 8.61 Å². The summed E-state index contributed by atoms with van der Waals surface area (Å²) in [5.74, 6) is 1.84. The standard InChI is InChI=1S/C16H30N6O3S/c1-14(2)12-15-17-16(25-18-15)13-20-6-10-22(11-7-20)26(23,24)21-8-4-19(3)5-9-21/h14H,4-13H2,1-3H3. The number of hydrogen-bond acceptors (Lipinski definition) is 7. The van der Waals surface area contributed by atoms with Gasteiger partial charge in [-0.1, -0.05) is 19.0 Å². The molecular weight excluding hydrogens is 356 g/mol. The van der Waals surface area contributed by atoms with Crippen LogP contribution in [0, 0.1) is 5.92 Å². The highest BCUT2D eigenvalue weighted by molar-refractivity contribution is 7.86. The first-order valence-corrected chi connectivity index (χ1v) is 10.7. The van der Waals surface area contributed by atoms with E-state index in [0.717, 1.165) is 25.3 Å². The van der Waals surface area contributed by atoms with E-state index in [4.69, 9.17) is 4.52 Å². The predicted octanol–water partition coefficient (Wildman–Crippen LogP) is -0.122. The van der Waals surface area contributed by atoms with Gasteiger partial charge in [0.05, 0.1) is 6.54 Å². The van der Waals surface area contributed by atoms with Crippen LogP contribution in [0.4, 0.5) is 0 Å². The van der Waals surface area contributed by atoms with Gasteiger partial charge in [0, 0.05) is 58.8 Å². The molecule has 2 fully saturated rings. The zero-order valence-corrected chi connectivity index (χ0v) is 16.8. The Morgan fingerprint density at radius 1 is 1.00 bits per heavy atom. The van der Waals surface area contributed by atoms with Gasteiger partial charge in [-0.25, -0.2) is 0 Å². The smallest absolute Gasteiger partial charge is 0.282 e. The summed E-state index contributed by atoms with van der Waals surface area (Å²) >= 11 is 0. The molecule has 3 heterocycles. The van der Waals surface area contributed by atoms with E-state index >= 15 is 0 Å². The van der Waals surface area contributed by atoms with Crippen LogP contribution in [-0.2, 0) is 23.2 Å². The van der Waals surface area contributed by atoms with Gasteiger partial charge in [-0.15, -0.1) is 0 Å². The number of nitrogens with zero attached hydrogens (tertiary/aromatic N) is 6. The average Bonchev–Trinajstić information content (AvgIpc) is 3.02. The average molecular weight is 387 g/mol. The Kier molecular flexibility index (Phi) is 6.29. The molecule has 2 aliphatic heterocycles. The fraction of sp³-hybridized carbons (Fsp3) is 0.875. The Labute approximate surface area is 156 Å². The van der Waals surface area contributed by atoms with Crippen LogP contribution in [-0.4, -0.2) is 96.4 Å². The van der Waals surface area contributed by atoms with Crippen molar-refractivity contribution in [1.82, 2.24) is 28.6 Å². The Hall–Kier alpha value is -1.07. The molecule has 0 amide bonds. The molecule has 0 unspecified atom stereocenters. The van der Waals surface area contributed by atoms with E-state index in [0.29, 0.717) is 57.6 Å². The number of rotatable bonds is 6. The summed E-state index contributed by atoms with van der Waals surface area (Å²) in [6.07, 6.45) is 0.806. The van der Waals surface area contributed by atoms with Crippen LogP contribution in [0.3, 0.4) is 0 Å². The molecule has 0 bridgehead atoms. The van der Waals surface area contributed by atoms with Crippen molar-refractivity contribution < 1.29 is 12.9 Å². The van der Waals surface area contributed by atoms with Crippen LogP contribution in [0.1, 0.15) is 25.6 Å². The van der Waals surface area contributed by atoms with Gasteiger partial charge < -0.3 is 9.42 Å². The van der Waals surface area contributed by atoms with Crippen molar-refractivity contribution >= 4 is 10.2 Å². The quantitative estimate of drug-likeness (QED) is 0.674.